The predicted molar refractivity (Wildman–Crippen MR) is 199 cm³/mol. The first-order valence-electron chi connectivity index (χ1n) is 17.9. The molecule has 0 saturated carbocycles. The standard InChI is InChI=1S/C37H59ClN6O8/c1-35(2,3)50-31(46)21-20-29(33(48)52-37(7,8)9)42-34(49)41-28(32(47)51-36(4,5)6)18-12-14-23-44(25-26-16-15-17-27(38)24-26)30(45)19-11-10-13-22-40-43-39/h15-17,24,28-29H,10-14,18-23,25H2,1-9H3,(H2,41,42,49). The van der Waals surface area contributed by atoms with Gasteiger partial charge < -0.3 is 29.7 Å². The number of hydrogen-bond donors (Lipinski definition) is 2. The number of unbranched alkanes of at least 4 members (excludes halogenated alkanes) is 3. The second-order valence-electron chi connectivity index (χ2n) is 15.6. The molecule has 0 aliphatic heterocycles. The average molecular weight is 751 g/mol. The van der Waals surface area contributed by atoms with E-state index in [9.17, 15) is 24.0 Å². The van der Waals surface area contributed by atoms with Gasteiger partial charge in [-0.3, -0.25) is 9.59 Å². The van der Waals surface area contributed by atoms with Crippen LogP contribution in [0.15, 0.2) is 29.4 Å². The first-order valence-corrected chi connectivity index (χ1v) is 18.2. The highest BCUT2D eigenvalue weighted by Crippen LogP contribution is 2.18. The minimum atomic E-state index is -1.20. The van der Waals surface area contributed by atoms with Gasteiger partial charge in [-0.25, -0.2) is 14.4 Å². The molecular weight excluding hydrogens is 692 g/mol. The van der Waals surface area contributed by atoms with Gasteiger partial charge in [0.15, 0.2) is 0 Å². The van der Waals surface area contributed by atoms with Crippen molar-refractivity contribution < 1.29 is 38.2 Å². The molecule has 0 heterocycles. The number of amides is 3. The zero-order valence-corrected chi connectivity index (χ0v) is 33.1. The third-order valence-corrected chi connectivity index (χ3v) is 7.28. The molecule has 0 radical (unpaired) electrons. The van der Waals surface area contributed by atoms with E-state index >= 15 is 0 Å². The maximum atomic E-state index is 13.3. The number of rotatable bonds is 20. The van der Waals surface area contributed by atoms with Crippen molar-refractivity contribution in [2.24, 2.45) is 5.11 Å². The van der Waals surface area contributed by atoms with E-state index in [-0.39, 0.29) is 25.2 Å². The van der Waals surface area contributed by atoms with Gasteiger partial charge in [-0.05, 0) is 124 Å². The number of nitrogens with one attached hydrogen (secondary N) is 2. The molecule has 2 N–H and O–H groups in total. The van der Waals surface area contributed by atoms with Crippen molar-refractivity contribution in [3.8, 4) is 0 Å². The van der Waals surface area contributed by atoms with E-state index in [1.807, 2.05) is 12.1 Å². The molecule has 0 fully saturated rings. The van der Waals surface area contributed by atoms with Crippen molar-refractivity contribution in [3.63, 3.8) is 0 Å². The number of azide groups is 1. The lowest BCUT2D eigenvalue weighted by Gasteiger charge is -2.27. The quantitative estimate of drug-likeness (QED) is 0.0341. The summed E-state index contributed by atoms with van der Waals surface area (Å²) in [5.41, 5.74) is 6.93. The second-order valence-corrected chi connectivity index (χ2v) is 16.1. The molecule has 0 spiro atoms. The molecule has 0 bridgehead atoms. The van der Waals surface area contributed by atoms with Crippen LogP contribution in [-0.4, -0.2) is 76.7 Å². The lowest BCUT2D eigenvalue weighted by Crippen LogP contribution is -2.53. The van der Waals surface area contributed by atoms with Gasteiger partial charge in [0.05, 0.1) is 0 Å². The number of carbonyl (C=O) groups is 5. The highest BCUT2D eigenvalue weighted by molar-refractivity contribution is 6.30. The van der Waals surface area contributed by atoms with Crippen molar-refractivity contribution in [2.45, 2.75) is 156 Å². The van der Waals surface area contributed by atoms with Crippen LogP contribution < -0.4 is 10.6 Å². The van der Waals surface area contributed by atoms with Gasteiger partial charge in [0.1, 0.15) is 28.9 Å². The van der Waals surface area contributed by atoms with Crippen LogP contribution in [-0.2, 0) is 39.9 Å². The Balaban J connectivity index is 3.03. The Kier molecular flexibility index (Phi) is 19.6. The largest absolute Gasteiger partial charge is 0.460 e. The molecule has 52 heavy (non-hydrogen) atoms. The van der Waals surface area contributed by atoms with Crippen LogP contribution in [0.4, 0.5) is 4.79 Å². The lowest BCUT2D eigenvalue weighted by molar-refractivity contribution is -0.159. The lowest BCUT2D eigenvalue weighted by atomic mass is 10.1. The summed E-state index contributed by atoms with van der Waals surface area (Å²) in [6.07, 6.45) is 3.33. The monoisotopic (exact) mass is 750 g/mol. The fourth-order valence-electron chi connectivity index (χ4n) is 4.89. The zero-order chi connectivity index (χ0) is 39.5. The van der Waals surface area contributed by atoms with Gasteiger partial charge >= 0.3 is 23.9 Å². The Morgan fingerprint density at radius 2 is 1.37 bits per heavy atom. The maximum absolute atomic E-state index is 13.3. The van der Waals surface area contributed by atoms with Gasteiger partial charge in [0.2, 0.25) is 5.91 Å². The van der Waals surface area contributed by atoms with Crippen LogP contribution in [0.1, 0.15) is 126 Å². The molecular formula is C37H59ClN6O8. The fourth-order valence-corrected chi connectivity index (χ4v) is 5.11. The Labute approximate surface area is 313 Å². The molecule has 0 aliphatic rings. The summed E-state index contributed by atoms with van der Waals surface area (Å²) in [5, 5.41) is 9.31. The van der Waals surface area contributed by atoms with Gasteiger partial charge in [-0.15, -0.1) is 0 Å². The van der Waals surface area contributed by atoms with Crippen LogP contribution in [0.25, 0.3) is 10.4 Å². The topological polar surface area (TPSA) is 189 Å². The Hall–Kier alpha value is -4.03. The van der Waals surface area contributed by atoms with Gasteiger partial charge in [-0.1, -0.05) is 35.3 Å². The third-order valence-electron chi connectivity index (χ3n) is 7.05. The number of carbonyl (C=O) groups excluding carboxylic acids is 5. The summed E-state index contributed by atoms with van der Waals surface area (Å²) >= 11 is 6.19. The maximum Gasteiger partial charge on any atom is 0.329 e. The normalized spacial score (nSPS) is 12.8. The summed E-state index contributed by atoms with van der Waals surface area (Å²) in [7, 11) is 0. The van der Waals surface area contributed by atoms with Gasteiger partial charge in [0, 0.05) is 42.4 Å². The highest BCUT2D eigenvalue weighted by Gasteiger charge is 2.31. The molecule has 0 saturated heterocycles. The SMILES string of the molecule is CC(C)(C)OC(=O)CCC(NC(=O)NC(CCCCN(Cc1cccc(Cl)c1)C(=O)CCCCCN=[N+]=[N-])C(=O)OC(C)(C)C)C(=O)OC(C)(C)C. The van der Waals surface area contributed by atoms with E-state index < -0.39 is 52.8 Å². The molecule has 0 aliphatic carbocycles. The number of benzene rings is 1. The van der Waals surface area contributed by atoms with Crippen molar-refractivity contribution in [1.29, 1.82) is 0 Å². The number of ether oxygens (including phenoxy) is 3. The van der Waals surface area contributed by atoms with Crippen molar-refractivity contribution in [2.75, 3.05) is 13.1 Å². The van der Waals surface area contributed by atoms with Crippen molar-refractivity contribution in [1.82, 2.24) is 15.5 Å². The van der Waals surface area contributed by atoms with E-state index in [0.717, 1.165) is 12.0 Å². The summed E-state index contributed by atoms with van der Waals surface area (Å²) in [4.78, 5) is 69.7. The molecule has 1 rings (SSSR count). The summed E-state index contributed by atoms with van der Waals surface area (Å²) < 4.78 is 16.4. The van der Waals surface area contributed by atoms with Crippen LogP contribution >= 0.6 is 11.6 Å². The Morgan fingerprint density at radius 1 is 0.788 bits per heavy atom. The van der Waals surface area contributed by atoms with E-state index in [2.05, 4.69) is 20.7 Å². The van der Waals surface area contributed by atoms with E-state index in [1.165, 1.54) is 0 Å². The number of hydrogen-bond acceptors (Lipinski definition) is 9. The van der Waals surface area contributed by atoms with Gasteiger partial charge in [0.25, 0.3) is 0 Å². The molecule has 2 unspecified atom stereocenters. The third kappa shape index (κ3) is 22.0. The molecule has 1 aromatic carbocycles. The van der Waals surface area contributed by atoms with Gasteiger partial charge in [-0.2, -0.15) is 0 Å². The molecule has 0 aromatic heterocycles. The summed E-state index contributed by atoms with van der Waals surface area (Å²) in [5.74, 6) is -1.97. The average Bonchev–Trinajstić information content (AvgIpc) is 2.99. The van der Waals surface area contributed by atoms with E-state index in [1.54, 1.807) is 79.3 Å². The molecule has 292 valence electrons. The van der Waals surface area contributed by atoms with Crippen LogP contribution in [0.5, 0.6) is 0 Å². The zero-order valence-electron chi connectivity index (χ0n) is 32.4. The number of urea groups is 1. The Bertz CT molecular complexity index is 1380. The number of nitrogens with zero attached hydrogens (tertiary/aromatic N) is 4. The second kappa shape index (κ2) is 22.1. The minimum absolute atomic E-state index is 0.0375. The smallest absolute Gasteiger partial charge is 0.329 e. The van der Waals surface area contributed by atoms with Crippen molar-refractivity contribution >= 4 is 41.4 Å². The van der Waals surface area contributed by atoms with E-state index in [0.29, 0.717) is 56.8 Å². The number of halogens is 1. The molecule has 15 heteroatoms. The summed E-state index contributed by atoms with van der Waals surface area (Å²) in [6.45, 7) is 16.5. The fraction of sp³-hybridized carbons (Fsp3) is 0.703. The van der Waals surface area contributed by atoms with Crippen LogP contribution in [0, 0.1) is 0 Å². The minimum Gasteiger partial charge on any atom is -0.460 e. The molecule has 14 nitrogen and oxygen atoms in total. The first kappa shape index (κ1) is 46.0. The van der Waals surface area contributed by atoms with Crippen molar-refractivity contribution in [3.05, 3.63) is 45.3 Å². The number of esters is 3. The molecule has 1 aromatic rings. The van der Waals surface area contributed by atoms with Crippen LogP contribution in [0.3, 0.4) is 0 Å². The Morgan fingerprint density at radius 3 is 1.90 bits per heavy atom. The highest BCUT2D eigenvalue weighted by atomic mass is 35.5. The van der Waals surface area contributed by atoms with E-state index in [4.69, 9.17) is 31.3 Å². The summed E-state index contributed by atoms with van der Waals surface area (Å²) in [6, 6.07) is 4.20. The predicted octanol–water partition coefficient (Wildman–Crippen LogP) is 7.55. The van der Waals surface area contributed by atoms with Crippen LogP contribution in [0.2, 0.25) is 5.02 Å². The molecule has 3 amide bonds. The molecule has 2 atom stereocenters. The first-order chi connectivity index (χ1) is 24.1.